The zero-order chi connectivity index (χ0) is 39.3. The van der Waals surface area contributed by atoms with Crippen molar-refractivity contribution in [2.24, 2.45) is 0 Å². The summed E-state index contributed by atoms with van der Waals surface area (Å²) >= 11 is 1.79. The minimum atomic E-state index is 0.600. The molecule has 1 aliphatic rings. The second-order valence-electron chi connectivity index (χ2n) is 15.2. The highest BCUT2D eigenvalue weighted by Gasteiger charge is 2.30. The summed E-state index contributed by atoms with van der Waals surface area (Å²) < 4.78 is 11.1. The first-order valence-corrected chi connectivity index (χ1v) is 20.8. The van der Waals surface area contributed by atoms with Crippen molar-refractivity contribution in [1.82, 2.24) is 24.1 Å². The van der Waals surface area contributed by atoms with Crippen LogP contribution in [-0.2, 0) is 0 Å². The zero-order valence-corrected chi connectivity index (χ0v) is 32.8. The van der Waals surface area contributed by atoms with Crippen molar-refractivity contribution < 1.29 is 4.42 Å². The Labute approximate surface area is 348 Å². The third kappa shape index (κ3) is 4.93. The van der Waals surface area contributed by atoms with E-state index in [1.807, 2.05) is 36.4 Å². The number of nitrogens with zero attached hydrogens (tertiary/aromatic N) is 5. The average molecular weight is 786 g/mol. The number of rotatable bonds is 5. The highest BCUT2D eigenvalue weighted by molar-refractivity contribution is 8.00. The first-order valence-electron chi connectivity index (χ1n) is 20.0. The second-order valence-corrected chi connectivity index (χ2v) is 16.2. The van der Waals surface area contributed by atoms with Crippen LogP contribution in [0.2, 0.25) is 0 Å². The van der Waals surface area contributed by atoms with Crippen LogP contribution >= 0.6 is 11.8 Å². The number of furan rings is 1. The number of aromatic nitrogens is 5. The van der Waals surface area contributed by atoms with Crippen LogP contribution in [0, 0.1) is 0 Å². The number of hydrogen-bond donors (Lipinski definition) is 0. The van der Waals surface area contributed by atoms with Gasteiger partial charge in [-0.15, -0.1) is 0 Å². The fourth-order valence-corrected chi connectivity index (χ4v) is 10.3. The van der Waals surface area contributed by atoms with Crippen molar-refractivity contribution in [2.45, 2.75) is 9.79 Å². The fourth-order valence-electron chi connectivity index (χ4n) is 9.08. The standard InChI is InChI=1S/C53H31N5OS/c1-3-13-32(14-4-1)33-25-27-34(28-26-33)50-54-51(35-29-30-45-41(31-35)37-17-8-10-23-44(37)59-45)56-52(55-50)40-20-11-22-43-49(40)60-46-24-12-19-39-47-38-18-7-9-21-42(38)57(36-15-5-2-6-16-36)53(47)58(43)48(39)46/h1-31H. The zero-order valence-electron chi connectivity index (χ0n) is 32.0. The molecule has 7 heteroatoms. The molecule has 0 bridgehead atoms. The van der Waals surface area contributed by atoms with Crippen LogP contribution in [0.15, 0.2) is 202 Å². The molecule has 5 heterocycles. The van der Waals surface area contributed by atoms with E-state index in [2.05, 4.69) is 161 Å². The predicted octanol–water partition coefficient (Wildman–Crippen LogP) is 13.9. The first-order chi connectivity index (χ1) is 29.7. The topological polar surface area (TPSA) is 61.7 Å². The highest BCUT2D eigenvalue weighted by atomic mass is 32.2. The molecule has 0 saturated carbocycles. The molecular weight excluding hydrogens is 755 g/mol. The van der Waals surface area contributed by atoms with Gasteiger partial charge in [-0.25, -0.2) is 15.0 Å². The first kappa shape index (κ1) is 33.3. The lowest BCUT2D eigenvalue weighted by atomic mass is 10.0. The molecule has 0 N–H and O–H groups in total. The van der Waals surface area contributed by atoms with Gasteiger partial charge < -0.3 is 4.42 Å². The summed E-state index contributed by atoms with van der Waals surface area (Å²) in [5.74, 6) is 1.83. The summed E-state index contributed by atoms with van der Waals surface area (Å²) in [4.78, 5) is 18.1. The van der Waals surface area contributed by atoms with Gasteiger partial charge in [-0.05, 0) is 71.8 Å². The number of fused-ring (bicyclic) bond motifs is 10. The Hall–Kier alpha value is -7.74. The monoisotopic (exact) mass is 785 g/mol. The summed E-state index contributed by atoms with van der Waals surface area (Å²) in [5, 5.41) is 5.80. The normalized spacial score (nSPS) is 12.3. The molecule has 4 aromatic heterocycles. The Bertz CT molecular complexity index is 3680. The molecule has 0 radical (unpaired) electrons. The Balaban J connectivity index is 1.05. The lowest BCUT2D eigenvalue weighted by molar-refractivity contribution is 0.669. The summed E-state index contributed by atoms with van der Waals surface area (Å²) in [6.07, 6.45) is 0. The van der Waals surface area contributed by atoms with E-state index >= 15 is 0 Å². The summed E-state index contributed by atoms with van der Waals surface area (Å²) in [6.45, 7) is 0. The maximum Gasteiger partial charge on any atom is 0.165 e. The maximum absolute atomic E-state index is 6.21. The quantitative estimate of drug-likeness (QED) is 0.174. The van der Waals surface area contributed by atoms with Crippen LogP contribution in [0.1, 0.15) is 0 Å². The van der Waals surface area contributed by atoms with E-state index in [1.54, 1.807) is 11.8 Å². The van der Waals surface area contributed by atoms with Crippen LogP contribution in [0.3, 0.4) is 0 Å². The van der Waals surface area contributed by atoms with Gasteiger partial charge in [-0.2, -0.15) is 0 Å². The van der Waals surface area contributed by atoms with Crippen LogP contribution in [0.25, 0.3) is 111 Å². The van der Waals surface area contributed by atoms with Gasteiger partial charge in [0.1, 0.15) is 16.8 Å². The Kier molecular flexibility index (Phi) is 7.14. The third-order valence-electron chi connectivity index (χ3n) is 11.8. The van der Waals surface area contributed by atoms with E-state index in [-0.39, 0.29) is 0 Å². The SMILES string of the molecule is c1ccc(-c2ccc(-c3nc(-c4ccc5oc6ccccc6c5c4)nc(-c4cccc5c4Sc4cccc6c7c8ccccc8n(-c8ccccc8)c7n-5c46)n3)cc2)cc1. The lowest BCUT2D eigenvalue weighted by Crippen LogP contribution is -2.07. The Morgan fingerprint density at radius 3 is 1.92 bits per heavy atom. The molecule has 13 rings (SSSR count). The van der Waals surface area contributed by atoms with Crippen LogP contribution in [-0.4, -0.2) is 24.1 Å². The van der Waals surface area contributed by atoms with E-state index in [4.69, 9.17) is 19.4 Å². The summed E-state index contributed by atoms with van der Waals surface area (Å²) in [7, 11) is 0. The highest BCUT2D eigenvalue weighted by Crippen LogP contribution is 2.51. The van der Waals surface area contributed by atoms with Crippen LogP contribution in [0.4, 0.5) is 0 Å². The van der Waals surface area contributed by atoms with Gasteiger partial charge in [0, 0.05) is 59.1 Å². The van der Waals surface area contributed by atoms with Gasteiger partial charge >= 0.3 is 0 Å². The molecule has 0 atom stereocenters. The van der Waals surface area contributed by atoms with Crippen molar-refractivity contribution >= 4 is 66.5 Å². The Morgan fingerprint density at radius 2 is 1.07 bits per heavy atom. The van der Waals surface area contributed by atoms with Gasteiger partial charge in [-0.3, -0.25) is 9.13 Å². The second kappa shape index (κ2) is 12.9. The number of benzene rings is 8. The molecule has 0 unspecified atom stereocenters. The summed E-state index contributed by atoms with van der Waals surface area (Å²) in [6, 6.07) is 65.9. The molecule has 280 valence electrons. The molecule has 12 aromatic rings. The number of para-hydroxylation sites is 4. The van der Waals surface area contributed by atoms with E-state index in [1.165, 1.54) is 32.1 Å². The summed E-state index contributed by atoms with van der Waals surface area (Å²) in [5.41, 5.74) is 12.5. The molecule has 0 amide bonds. The van der Waals surface area contributed by atoms with Crippen molar-refractivity contribution in [3.05, 3.63) is 188 Å². The largest absolute Gasteiger partial charge is 0.456 e. The van der Waals surface area contributed by atoms with Gasteiger partial charge in [0.05, 0.1) is 16.7 Å². The van der Waals surface area contributed by atoms with Gasteiger partial charge in [0.15, 0.2) is 17.5 Å². The fraction of sp³-hybridized carbons (Fsp3) is 0. The van der Waals surface area contributed by atoms with Crippen molar-refractivity contribution in [3.63, 3.8) is 0 Å². The molecule has 60 heavy (non-hydrogen) atoms. The smallest absolute Gasteiger partial charge is 0.165 e. The van der Waals surface area contributed by atoms with Gasteiger partial charge in [0.2, 0.25) is 0 Å². The molecule has 0 saturated heterocycles. The maximum atomic E-state index is 6.21. The molecular formula is C53H31N5OS. The van der Waals surface area contributed by atoms with Gasteiger partial charge in [0.25, 0.3) is 0 Å². The van der Waals surface area contributed by atoms with Crippen molar-refractivity contribution in [2.75, 3.05) is 0 Å². The minimum Gasteiger partial charge on any atom is -0.456 e. The average Bonchev–Trinajstić information content (AvgIpc) is 3.98. The van der Waals surface area contributed by atoms with Crippen molar-refractivity contribution in [1.29, 1.82) is 0 Å². The van der Waals surface area contributed by atoms with Crippen LogP contribution < -0.4 is 0 Å². The molecule has 0 spiro atoms. The lowest BCUT2D eigenvalue weighted by Gasteiger charge is -2.23. The van der Waals surface area contributed by atoms with Gasteiger partial charge in [-0.1, -0.05) is 139 Å². The van der Waals surface area contributed by atoms with E-state index in [9.17, 15) is 0 Å². The Morgan fingerprint density at radius 1 is 0.433 bits per heavy atom. The van der Waals surface area contributed by atoms with E-state index in [0.29, 0.717) is 17.5 Å². The van der Waals surface area contributed by atoms with E-state index in [0.717, 1.165) is 71.7 Å². The molecule has 0 fully saturated rings. The predicted molar refractivity (Wildman–Crippen MR) is 244 cm³/mol. The third-order valence-corrected chi connectivity index (χ3v) is 13.0. The minimum absolute atomic E-state index is 0.600. The molecule has 6 nitrogen and oxygen atoms in total. The van der Waals surface area contributed by atoms with E-state index < -0.39 is 0 Å². The molecule has 8 aromatic carbocycles. The molecule has 1 aliphatic heterocycles. The van der Waals surface area contributed by atoms with Crippen molar-refractivity contribution in [3.8, 4) is 56.7 Å². The van der Waals surface area contributed by atoms with Crippen LogP contribution in [0.5, 0.6) is 0 Å². The molecule has 0 aliphatic carbocycles. The number of hydrogen-bond acceptors (Lipinski definition) is 5.